The van der Waals surface area contributed by atoms with Crippen molar-refractivity contribution in [1.29, 1.82) is 0 Å². The number of nitrogens with one attached hydrogen (secondary N) is 1. The van der Waals surface area contributed by atoms with Crippen LogP contribution in [0.15, 0.2) is 35.5 Å². The molecule has 0 spiro atoms. The number of halogens is 1. The summed E-state index contributed by atoms with van der Waals surface area (Å²) in [5.41, 5.74) is 6.86. The summed E-state index contributed by atoms with van der Waals surface area (Å²) in [7, 11) is -3.62. The van der Waals surface area contributed by atoms with E-state index in [-0.39, 0.29) is 28.5 Å². The van der Waals surface area contributed by atoms with E-state index in [0.717, 1.165) is 36.7 Å². The number of nitrogens with zero attached hydrogens (tertiary/aromatic N) is 3. The quantitative estimate of drug-likeness (QED) is 0.851. The molecule has 1 aromatic carbocycles. The Morgan fingerprint density at radius 1 is 1.32 bits per heavy atom. The predicted molar refractivity (Wildman–Crippen MR) is 89.2 cm³/mol. The normalized spacial score (nSPS) is 18.0. The van der Waals surface area contributed by atoms with Crippen LogP contribution in [-0.2, 0) is 10.0 Å². The van der Waals surface area contributed by atoms with Crippen molar-refractivity contribution in [3.63, 3.8) is 0 Å². The Labute approximate surface area is 139 Å². The molecule has 1 aliphatic rings. The van der Waals surface area contributed by atoms with E-state index in [1.165, 1.54) is 6.33 Å². The molecular formula is C12H16ClN5O2S2. The van der Waals surface area contributed by atoms with Crippen molar-refractivity contribution in [2.75, 3.05) is 22.7 Å². The summed E-state index contributed by atoms with van der Waals surface area (Å²) in [6.07, 6.45) is 2.26. The third kappa shape index (κ3) is 3.67. The van der Waals surface area contributed by atoms with Crippen molar-refractivity contribution in [1.82, 2.24) is 9.36 Å². The maximum atomic E-state index is 12.2. The van der Waals surface area contributed by atoms with Crippen molar-refractivity contribution in [3.05, 3.63) is 30.6 Å². The van der Waals surface area contributed by atoms with Crippen LogP contribution >= 0.6 is 23.9 Å². The van der Waals surface area contributed by atoms with Gasteiger partial charge in [0, 0.05) is 36.4 Å². The first kappa shape index (κ1) is 16.9. The molecule has 0 saturated carbocycles. The van der Waals surface area contributed by atoms with E-state index in [4.69, 9.17) is 5.73 Å². The topological polar surface area (TPSA) is 101 Å². The molecule has 0 amide bonds. The number of sulfonamides is 1. The summed E-state index contributed by atoms with van der Waals surface area (Å²) in [6.45, 7) is 1.70. The standard InChI is InChI=1S/C12H15N5O2S2.ClH/c13-9-5-6-17(7-9)10-1-3-11(4-2-10)21(18,19)16-12-14-8-15-20-12;/h1-4,8-9H,5-7,13H2,(H,14,15,16);1H/t9-;/m0./s1. The van der Waals surface area contributed by atoms with E-state index < -0.39 is 10.0 Å². The summed E-state index contributed by atoms with van der Waals surface area (Å²) in [5.74, 6) is 0. The molecular weight excluding hydrogens is 346 g/mol. The van der Waals surface area contributed by atoms with Crippen molar-refractivity contribution in [2.45, 2.75) is 17.4 Å². The molecule has 0 radical (unpaired) electrons. The first-order valence-corrected chi connectivity index (χ1v) is 8.70. The fourth-order valence-electron chi connectivity index (χ4n) is 2.25. The van der Waals surface area contributed by atoms with E-state index in [2.05, 4.69) is 19.0 Å². The zero-order chi connectivity index (χ0) is 14.9. The molecule has 22 heavy (non-hydrogen) atoms. The van der Waals surface area contributed by atoms with Gasteiger partial charge in [-0.2, -0.15) is 4.37 Å². The summed E-state index contributed by atoms with van der Waals surface area (Å²) in [4.78, 5) is 6.16. The van der Waals surface area contributed by atoms with Crippen molar-refractivity contribution in [2.24, 2.45) is 5.73 Å². The fourth-order valence-corrected chi connectivity index (χ4v) is 3.91. The minimum absolute atomic E-state index is 0. The molecule has 0 unspecified atom stereocenters. The number of benzene rings is 1. The second kappa shape index (κ2) is 6.78. The molecule has 0 aliphatic carbocycles. The average Bonchev–Trinajstić information content (AvgIpc) is 3.10. The van der Waals surface area contributed by atoms with Crippen LogP contribution in [0.1, 0.15) is 6.42 Å². The molecule has 7 nitrogen and oxygen atoms in total. The molecule has 0 bridgehead atoms. The molecule has 1 saturated heterocycles. The number of rotatable bonds is 4. The zero-order valence-corrected chi connectivity index (χ0v) is 14.0. The van der Waals surface area contributed by atoms with E-state index in [0.29, 0.717) is 0 Å². The first-order chi connectivity index (χ1) is 10.0. The molecule has 1 fully saturated rings. The maximum absolute atomic E-state index is 12.2. The Morgan fingerprint density at radius 2 is 2.05 bits per heavy atom. The maximum Gasteiger partial charge on any atom is 0.263 e. The lowest BCUT2D eigenvalue weighted by molar-refractivity contribution is 0.601. The Balaban J connectivity index is 0.00000176. The third-order valence-corrected chi connectivity index (χ3v) is 5.38. The van der Waals surface area contributed by atoms with Crippen molar-refractivity contribution in [3.8, 4) is 0 Å². The lowest BCUT2D eigenvalue weighted by atomic mass is 10.3. The van der Waals surface area contributed by atoms with Gasteiger partial charge in [-0.25, -0.2) is 13.4 Å². The van der Waals surface area contributed by atoms with Crippen LogP contribution in [0.5, 0.6) is 0 Å². The van der Waals surface area contributed by atoms with Gasteiger partial charge in [-0.3, -0.25) is 4.72 Å². The third-order valence-electron chi connectivity index (χ3n) is 3.32. The van der Waals surface area contributed by atoms with Crippen LogP contribution in [0.25, 0.3) is 0 Å². The summed E-state index contributed by atoms with van der Waals surface area (Å²) >= 11 is 0.995. The smallest absolute Gasteiger partial charge is 0.263 e. The minimum atomic E-state index is -3.62. The van der Waals surface area contributed by atoms with Gasteiger partial charge >= 0.3 is 0 Å². The van der Waals surface area contributed by atoms with Gasteiger partial charge in [0.15, 0.2) is 0 Å². The molecule has 3 rings (SSSR count). The minimum Gasteiger partial charge on any atom is -0.370 e. The number of hydrogen-bond acceptors (Lipinski definition) is 7. The fraction of sp³-hybridized carbons (Fsp3) is 0.333. The Kier molecular flexibility index (Phi) is 5.22. The summed E-state index contributed by atoms with van der Waals surface area (Å²) in [5, 5.41) is 0.254. The van der Waals surface area contributed by atoms with Gasteiger partial charge in [-0.05, 0) is 30.7 Å². The zero-order valence-electron chi connectivity index (χ0n) is 11.5. The van der Waals surface area contributed by atoms with E-state index in [9.17, 15) is 8.42 Å². The molecule has 1 aromatic heterocycles. The van der Waals surface area contributed by atoms with Crippen LogP contribution in [-0.4, -0.2) is 36.9 Å². The summed E-state index contributed by atoms with van der Waals surface area (Å²) < 4.78 is 30.5. The highest BCUT2D eigenvalue weighted by atomic mass is 35.5. The van der Waals surface area contributed by atoms with Crippen LogP contribution < -0.4 is 15.4 Å². The molecule has 1 aliphatic heterocycles. The largest absolute Gasteiger partial charge is 0.370 e. The van der Waals surface area contributed by atoms with Gasteiger partial charge in [0.1, 0.15) is 6.33 Å². The molecule has 1 atom stereocenters. The highest BCUT2D eigenvalue weighted by Crippen LogP contribution is 2.23. The highest BCUT2D eigenvalue weighted by molar-refractivity contribution is 7.93. The number of aromatic nitrogens is 2. The van der Waals surface area contributed by atoms with Crippen LogP contribution in [0.2, 0.25) is 0 Å². The van der Waals surface area contributed by atoms with Gasteiger partial charge in [0.2, 0.25) is 5.13 Å². The van der Waals surface area contributed by atoms with Gasteiger partial charge in [0.05, 0.1) is 4.90 Å². The number of nitrogens with two attached hydrogens (primary N) is 1. The Bertz CT molecular complexity index is 706. The van der Waals surface area contributed by atoms with Crippen LogP contribution in [0.4, 0.5) is 10.8 Å². The van der Waals surface area contributed by atoms with Crippen molar-refractivity contribution >= 4 is 44.8 Å². The molecule has 2 heterocycles. The SMILES string of the molecule is Cl.N[C@H]1CCN(c2ccc(S(=O)(=O)Nc3ncns3)cc2)C1. The predicted octanol–water partition coefficient (Wildman–Crippen LogP) is 1.30. The second-order valence-corrected chi connectivity index (χ2v) is 7.30. The monoisotopic (exact) mass is 361 g/mol. The first-order valence-electron chi connectivity index (χ1n) is 6.45. The molecule has 3 N–H and O–H groups in total. The average molecular weight is 362 g/mol. The summed E-state index contributed by atoms with van der Waals surface area (Å²) in [6, 6.07) is 6.96. The highest BCUT2D eigenvalue weighted by Gasteiger charge is 2.20. The van der Waals surface area contributed by atoms with E-state index in [1.54, 1.807) is 24.3 Å². The molecule has 10 heteroatoms. The Morgan fingerprint density at radius 3 is 2.59 bits per heavy atom. The van der Waals surface area contributed by atoms with E-state index in [1.807, 2.05) is 0 Å². The van der Waals surface area contributed by atoms with Gasteiger partial charge < -0.3 is 10.6 Å². The lowest BCUT2D eigenvalue weighted by Gasteiger charge is -2.18. The second-order valence-electron chi connectivity index (χ2n) is 4.84. The van der Waals surface area contributed by atoms with Crippen molar-refractivity contribution < 1.29 is 8.42 Å². The number of hydrogen-bond donors (Lipinski definition) is 2. The Hall–Kier alpha value is -1.42. The van der Waals surface area contributed by atoms with E-state index >= 15 is 0 Å². The lowest BCUT2D eigenvalue weighted by Crippen LogP contribution is -2.26. The van der Waals surface area contributed by atoms with Gasteiger partial charge in [0.25, 0.3) is 10.0 Å². The molecule has 2 aromatic rings. The van der Waals surface area contributed by atoms with Crippen LogP contribution in [0.3, 0.4) is 0 Å². The van der Waals surface area contributed by atoms with Gasteiger partial charge in [-0.1, -0.05) is 0 Å². The number of anilines is 2. The van der Waals surface area contributed by atoms with Gasteiger partial charge in [-0.15, -0.1) is 12.4 Å². The molecule has 120 valence electrons. The van der Waals surface area contributed by atoms with Crippen LogP contribution in [0, 0.1) is 0 Å².